The molecule has 14 heavy (non-hydrogen) atoms. The minimum Gasteiger partial charge on any atom is -0.359 e. The Hall–Kier alpha value is -1.10. The van der Waals surface area contributed by atoms with Crippen LogP contribution in [0.15, 0.2) is 0 Å². The molecule has 0 unspecified atom stereocenters. The second-order valence-electron chi connectivity index (χ2n) is 3.31. The van der Waals surface area contributed by atoms with Crippen LogP contribution in [0.3, 0.4) is 0 Å². The van der Waals surface area contributed by atoms with E-state index in [4.69, 9.17) is 0 Å². The second kappa shape index (κ2) is 4.41. The average molecular weight is 213 g/mol. The van der Waals surface area contributed by atoms with Crippen LogP contribution in [0.5, 0.6) is 0 Å². The molecule has 1 aromatic rings. The Balaban J connectivity index is 2.87. The molecule has 1 amide bonds. The summed E-state index contributed by atoms with van der Waals surface area (Å²) in [5, 5.41) is 6.57. The van der Waals surface area contributed by atoms with Gasteiger partial charge in [-0.25, -0.2) is 4.98 Å². The minimum absolute atomic E-state index is 0.0724. The van der Waals surface area contributed by atoms with Crippen molar-refractivity contribution in [1.82, 2.24) is 10.3 Å². The van der Waals surface area contributed by atoms with E-state index in [-0.39, 0.29) is 5.91 Å². The number of nitrogens with one attached hydrogen (secondary N) is 2. The maximum Gasteiger partial charge on any atom is 0.263 e. The SMILES string of the molecule is CNC(=O)c1sc(NC(C)C)nc1C. The molecule has 0 aromatic carbocycles. The van der Waals surface area contributed by atoms with E-state index in [2.05, 4.69) is 15.6 Å². The third-order valence-electron chi connectivity index (χ3n) is 1.64. The number of nitrogens with zero attached hydrogens (tertiary/aromatic N) is 1. The molecule has 1 rings (SSSR count). The predicted octanol–water partition coefficient (Wildman–Crippen LogP) is 1.63. The molecule has 0 aliphatic rings. The van der Waals surface area contributed by atoms with E-state index in [1.54, 1.807) is 7.05 Å². The smallest absolute Gasteiger partial charge is 0.263 e. The number of anilines is 1. The van der Waals surface area contributed by atoms with E-state index >= 15 is 0 Å². The Morgan fingerprint density at radius 1 is 1.50 bits per heavy atom. The first kappa shape index (κ1) is 11.0. The molecule has 0 saturated carbocycles. The van der Waals surface area contributed by atoms with E-state index in [1.807, 2.05) is 20.8 Å². The summed E-state index contributed by atoms with van der Waals surface area (Å²) in [6, 6.07) is 0.332. The first-order valence-electron chi connectivity index (χ1n) is 4.50. The van der Waals surface area contributed by atoms with Crippen LogP contribution in [0, 0.1) is 6.92 Å². The van der Waals surface area contributed by atoms with Gasteiger partial charge in [-0.15, -0.1) is 0 Å². The molecule has 5 heteroatoms. The fourth-order valence-corrected chi connectivity index (χ4v) is 2.09. The van der Waals surface area contributed by atoms with Crippen molar-refractivity contribution in [3.63, 3.8) is 0 Å². The molecule has 2 N–H and O–H groups in total. The summed E-state index contributed by atoms with van der Waals surface area (Å²) < 4.78 is 0. The third-order valence-corrected chi connectivity index (χ3v) is 2.73. The maximum absolute atomic E-state index is 11.4. The van der Waals surface area contributed by atoms with Gasteiger partial charge in [-0.05, 0) is 20.8 Å². The van der Waals surface area contributed by atoms with E-state index in [0.717, 1.165) is 10.8 Å². The lowest BCUT2D eigenvalue weighted by Crippen LogP contribution is -2.17. The van der Waals surface area contributed by atoms with Gasteiger partial charge >= 0.3 is 0 Å². The Labute approximate surface area is 87.7 Å². The van der Waals surface area contributed by atoms with Crippen LogP contribution in [0.2, 0.25) is 0 Å². The monoisotopic (exact) mass is 213 g/mol. The molecule has 0 aliphatic heterocycles. The van der Waals surface area contributed by atoms with Gasteiger partial charge in [-0.1, -0.05) is 11.3 Å². The number of rotatable bonds is 3. The van der Waals surface area contributed by atoms with E-state index in [0.29, 0.717) is 10.9 Å². The highest BCUT2D eigenvalue weighted by Gasteiger charge is 2.13. The molecule has 78 valence electrons. The fraction of sp³-hybridized carbons (Fsp3) is 0.556. The van der Waals surface area contributed by atoms with Gasteiger partial charge in [-0.3, -0.25) is 4.79 Å². The molecule has 0 spiro atoms. The molecule has 0 bridgehead atoms. The summed E-state index contributed by atoms with van der Waals surface area (Å²) in [6.45, 7) is 5.92. The zero-order chi connectivity index (χ0) is 10.7. The number of carbonyl (C=O) groups is 1. The first-order valence-corrected chi connectivity index (χ1v) is 5.32. The number of thiazole rings is 1. The van der Waals surface area contributed by atoms with Crippen molar-refractivity contribution in [2.45, 2.75) is 26.8 Å². The highest BCUT2D eigenvalue weighted by atomic mass is 32.1. The molecule has 1 heterocycles. The average Bonchev–Trinajstić information content (AvgIpc) is 2.44. The van der Waals surface area contributed by atoms with Gasteiger partial charge in [0.1, 0.15) is 4.88 Å². The lowest BCUT2D eigenvalue weighted by Gasteiger charge is -2.03. The van der Waals surface area contributed by atoms with Gasteiger partial charge in [0, 0.05) is 13.1 Å². The standard InChI is InChI=1S/C9H15N3OS/c1-5(2)11-9-12-6(3)7(14-9)8(13)10-4/h5H,1-4H3,(H,10,13)(H,11,12). The quantitative estimate of drug-likeness (QED) is 0.802. The molecule has 0 saturated heterocycles. The van der Waals surface area contributed by atoms with Gasteiger partial charge in [-0.2, -0.15) is 0 Å². The number of hydrogen-bond donors (Lipinski definition) is 2. The van der Waals surface area contributed by atoms with Crippen molar-refractivity contribution < 1.29 is 4.79 Å². The molecule has 0 radical (unpaired) electrons. The van der Waals surface area contributed by atoms with Gasteiger partial charge in [0.25, 0.3) is 5.91 Å². The van der Waals surface area contributed by atoms with Crippen LogP contribution in [0.25, 0.3) is 0 Å². The lowest BCUT2D eigenvalue weighted by molar-refractivity contribution is 0.0966. The number of amides is 1. The van der Waals surface area contributed by atoms with Crippen LogP contribution in [0.4, 0.5) is 5.13 Å². The summed E-state index contributed by atoms with van der Waals surface area (Å²) in [5.74, 6) is -0.0724. The Kier molecular flexibility index (Phi) is 3.46. The van der Waals surface area contributed by atoms with Crippen molar-refractivity contribution in [2.24, 2.45) is 0 Å². The van der Waals surface area contributed by atoms with Crippen molar-refractivity contribution in [1.29, 1.82) is 0 Å². The molecular weight excluding hydrogens is 198 g/mol. The Morgan fingerprint density at radius 2 is 2.14 bits per heavy atom. The summed E-state index contributed by atoms with van der Waals surface area (Å²) in [4.78, 5) is 16.3. The number of carbonyl (C=O) groups excluding carboxylic acids is 1. The lowest BCUT2D eigenvalue weighted by atomic mass is 10.4. The topological polar surface area (TPSA) is 54.0 Å². The summed E-state index contributed by atoms with van der Waals surface area (Å²) in [5.41, 5.74) is 0.775. The maximum atomic E-state index is 11.4. The second-order valence-corrected chi connectivity index (χ2v) is 4.31. The highest BCUT2D eigenvalue weighted by molar-refractivity contribution is 7.17. The summed E-state index contributed by atoms with van der Waals surface area (Å²) in [7, 11) is 1.62. The zero-order valence-electron chi connectivity index (χ0n) is 8.84. The van der Waals surface area contributed by atoms with Gasteiger partial charge in [0.2, 0.25) is 0 Å². The minimum atomic E-state index is -0.0724. The number of aromatic nitrogens is 1. The first-order chi connectivity index (χ1) is 6.54. The Morgan fingerprint density at radius 3 is 2.64 bits per heavy atom. The largest absolute Gasteiger partial charge is 0.359 e. The molecule has 1 aromatic heterocycles. The van der Waals surface area contributed by atoms with Crippen molar-refractivity contribution >= 4 is 22.4 Å². The van der Waals surface area contributed by atoms with Crippen molar-refractivity contribution in [2.75, 3.05) is 12.4 Å². The van der Waals surface area contributed by atoms with Gasteiger partial charge < -0.3 is 10.6 Å². The van der Waals surface area contributed by atoms with Gasteiger partial charge in [0.05, 0.1) is 5.69 Å². The van der Waals surface area contributed by atoms with E-state index < -0.39 is 0 Å². The van der Waals surface area contributed by atoms with Crippen molar-refractivity contribution in [3.8, 4) is 0 Å². The highest BCUT2D eigenvalue weighted by Crippen LogP contribution is 2.22. The molecular formula is C9H15N3OS. The van der Waals surface area contributed by atoms with Crippen LogP contribution in [-0.2, 0) is 0 Å². The zero-order valence-corrected chi connectivity index (χ0v) is 9.66. The van der Waals surface area contributed by atoms with E-state index in [9.17, 15) is 4.79 Å². The fourth-order valence-electron chi connectivity index (χ4n) is 1.03. The molecule has 0 aliphatic carbocycles. The van der Waals surface area contributed by atoms with Gasteiger partial charge in [0.15, 0.2) is 5.13 Å². The van der Waals surface area contributed by atoms with E-state index in [1.165, 1.54) is 11.3 Å². The van der Waals surface area contributed by atoms with Crippen LogP contribution >= 0.6 is 11.3 Å². The molecule has 4 nitrogen and oxygen atoms in total. The normalized spacial score (nSPS) is 10.4. The number of hydrogen-bond acceptors (Lipinski definition) is 4. The molecule has 0 atom stereocenters. The van der Waals surface area contributed by atoms with Crippen LogP contribution in [0.1, 0.15) is 29.2 Å². The van der Waals surface area contributed by atoms with Crippen LogP contribution < -0.4 is 10.6 Å². The summed E-state index contributed by atoms with van der Waals surface area (Å²) in [6.07, 6.45) is 0. The third kappa shape index (κ3) is 2.45. The number of aryl methyl sites for hydroxylation is 1. The predicted molar refractivity (Wildman–Crippen MR) is 59.0 cm³/mol. The van der Waals surface area contributed by atoms with Crippen molar-refractivity contribution in [3.05, 3.63) is 10.6 Å². The molecule has 0 fully saturated rings. The van der Waals surface area contributed by atoms with Crippen LogP contribution in [-0.4, -0.2) is 24.0 Å². The Bertz CT molecular complexity index is 333. The summed E-state index contributed by atoms with van der Waals surface area (Å²) >= 11 is 1.39.